The first-order chi connectivity index (χ1) is 26.4. The third-order valence-electron chi connectivity index (χ3n) is 14.0. The summed E-state index contributed by atoms with van der Waals surface area (Å²) in [7, 11) is 0. The Morgan fingerprint density at radius 2 is 0.778 bits per heavy atom. The van der Waals surface area contributed by atoms with Crippen molar-refractivity contribution in [2.24, 2.45) is 23.7 Å². The molecule has 2 N–H and O–H groups in total. The van der Waals surface area contributed by atoms with Crippen LogP contribution in [0, 0.1) is 23.7 Å². The van der Waals surface area contributed by atoms with Crippen LogP contribution in [0.2, 0.25) is 0 Å². The van der Waals surface area contributed by atoms with Gasteiger partial charge in [0.2, 0.25) is 11.8 Å². The van der Waals surface area contributed by atoms with E-state index in [1.54, 1.807) is 0 Å². The second kappa shape index (κ2) is 29.6. The van der Waals surface area contributed by atoms with E-state index in [1.807, 2.05) is 0 Å². The third-order valence-corrected chi connectivity index (χ3v) is 14.0. The van der Waals surface area contributed by atoms with Gasteiger partial charge in [-0.1, -0.05) is 192 Å². The summed E-state index contributed by atoms with van der Waals surface area (Å²) in [5.74, 6) is 4.10. The van der Waals surface area contributed by atoms with Crippen molar-refractivity contribution in [2.45, 2.75) is 257 Å². The second-order valence-corrected chi connectivity index (χ2v) is 18.6. The molecule has 4 unspecified atom stereocenters. The predicted octanol–water partition coefficient (Wildman–Crippen LogP) is 14.7. The minimum Gasteiger partial charge on any atom is -0.350 e. The minimum absolute atomic E-state index is 0.218. The maximum absolute atomic E-state index is 12.7. The van der Waals surface area contributed by atoms with Crippen molar-refractivity contribution in [1.82, 2.24) is 10.6 Å². The van der Waals surface area contributed by atoms with Crippen molar-refractivity contribution >= 4 is 11.8 Å². The molecule has 0 saturated heterocycles. The van der Waals surface area contributed by atoms with Crippen LogP contribution in [0.5, 0.6) is 0 Å². The van der Waals surface area contributed by atoms with Gasteiger partial charge in [-0.3, -0.25) is 9.59 Å². The van der Waals surface area contributed by atoms with Crippen molar-refractivity contribution < 1.29 is 9.59 Å². The number of carbonyl (C=O) groups is 2. The molecule has 0 heterocycles. The van der Waals surface area contributed by atoms with Crippen molar-refractivity contribution in [3.8, 4) is 0 Å². The topological polar surface area (TPSA) is 58.2 Å². The standard InChI is InChI=1S/C50H90N2O2/c1-5-7-9-11-13-19-31-43-39-45(33-21-15-17-23-37-49(53)51-47-35-27-25-29-41(47)3)46(40-44(43)32-20-14-12-10-8-6-2)34-22-16-18-24-38-50(54)52-48-36-28-26-30-42(48)4/h43-48H,3-40H2,1-2H3,(H,51,53)(H,52,54)/t43?,44?,45?,46?,47-,48+. The molecule has 3 fully saturated rings. The van der Waals surface area contributed by atoms with Gasteiger partial charge in [0.05, 0.1) is 0 Å². The van der Waals surface area contributed by atoms with Crippen LogP contribution >= 0.6 is 0 Å². The van der Waals surface area contributed by atoms with E-state index in [0.29, 0.717) is 12.8 Å². The fraction of sp³-hybridized carbons (Fsp3) is 0.880. The fourth-order valence-corrected chi connectivity index (χ4v) is 10.5. The highest BCUT2D eigenvalue weighted by Crippen LogP contribution is 2.46. The molecule has 54 heavy (non-hydrogen) atoms. The molecule has 0 spiro atoms. The van der Waals surface area contributed by atoms with E-state index in [9.17, 15) is 9.59 Å². The van der Waals surface area contributed by atoms with Gasteiger partial charge in [0.1, 0.15) is 0 Å². The third kappa shape index (κ3) is 20.0. The van der Waals surface area contributed by atoms with Gasteiger partial charge >= 0.3 is 0 Å². The number of hydrogen-bond donors (Lipinski definition) is 2. The predicted molar refractivity (Wildman–Crippen MR) is 234 cm³/mol. The summed E-state index contributed by atoms with van der Waals surface area (Å²) in [5, 5.41) is 6.56. The Morgan fingerprint density at radius 3 is 1.11 bits per heavy atom. The van der Waals surface area contributed by atoms with Crippen LogP contribution in [0.4, 0.5) is 0 Å². The number of hydrogen-bond acceptors (Lipinski definition) is 2. The van der Waals surface area contributed by atoms with E-state index in [2.05, 4.69) is 37.6 Å². The first kappa shape index (κ1) is 46.8. The van der Waals surface area contributed by atoms with E-state index >= 15 is 0 Å². The summed E-state index contributed by atoms with van der Waals surface area (Å²) < 4.78 is 0. The molecule has 4 heteroatoms. The van der Waals surface area contributed by atoms with Crippen LogP contribution in [-0.4, -0.2) is 23.9 Å². The molecule has 3 saturated carbocycles. The van der Waals surface area contributed by atoms with E-state index in [1.165, 1.54) is 191 Å². The Hall–Kier alpha value is -1.58. The van der Waals surface area contributed by atoms with Crippen molar-refractivity contribution in [1.29, 1.82) is 0 Å². The second-order valence-electron chi connectivity index (χ2n) is 18.6. The summed E-state index contributed by atoms with van der Waals surface area (Å²) in [4.78, 5) is 25.3. The van der Waals surface area contributed by atoms with Crippen LogP contribution in [0.3, 0.4) is 0 Å². The summed E-state index contributed by atoms with van der Waals surface area (Å²) in [6, 6.07) is 0.436. The Balaban J connectivity index is 1.47. The lowest BCUT2D eigenvalue weighted by atomic mass is 9.63. The summed E-state index contributed by atoms with van der Waals surface area (Å²) >= 11 is 0. The van der Waals surface area contributed by atoms with Crippen LogP contribution in [0.1, 0.15) is 245 Å². The van der Waals surface area contributed by atoms with Gasteiger partial charge in [-0.2, -0.15) is 0 Å². The lowest BCUT2D eigenvalue weighted by Gasteiger charge is -2.42. The number of amides is 2. The lowest BCUT2D eigenvalue weighted by Crippen LogP contribution is -2.37. The monoisotopic (exact) mass is 751 g/mol. The molecular weight excluding hydrogens is 661 g/mol. The highest BCUT2D eigenvalue weighted by atomic mass is 16.2. The maximum Gasteiger partial charge on any atom is 0.220 e. The highest BCUT2D eigenvalue weighted by Gasteiger charge is 2.35. The fourth-order valence-electron chi connectivity index (χ4n) is 10.5. The number of unbranched alkanes of at least 4 members (excludes halogenated alkanes) is 16. The highest BCUT2D eigenvalue weighted by molar-refractivity contribution is 5.77. The molecule has 6 atom stereocenters. The number of nitrogens with one attached hydrogen (secondary N) is 2. The molecular formula is C50H90N2O2. The Bertz CT molecular complexity index is 940. The first-order valence-electron chi connectivity index (χ1n) is 24.3. The lowest BCUT2D eigenvalue weighted by molar-refractivity contribution is -0.122. The SMILES string of the molecule is C=C1CCCC[C@@H]1NC(=O)CCCCCCC1CC(CCCCCCCC)C(CCCCCCCC)CC1CCCCCCC(=O)N[C@@H]1CCCCC1=C. The average Bonchev–Trinajstić information content (AvgIpc) is 3.16. The van der Waals surface area contributed by atoms with Crippen LogP contribution in [0.15, 0.2) is 24.3 Å². The largest absolute Gasteiger partial charge is 0.350 e. The van der Waals surface area contributed by atoms with Crippen molar-refractivity contribution in [2.75, 3.05) is 0 Å². The van der Waals surface area contributed by atoms with Crippen molar-refractivity contribution in [3.63, 3.8) is 0 Å². The Morgan fingerprint density at radius 1 is 0.463 bits per heavy atom. The minimum atomic E-state index is 0.218. The number of carbonyl (C=O) groups excluding carboxylic acids is 2. The van der Waals surface area contributed by atoms with Crippen LogP contribution < -0.4 is 10.6 Å². The molecule has 3 aliphatic rings. The Kier molecular flexibility index (Phi) is 25.7. The van der Waals surface area contributed by atoms with Gasteiger partial charge < -0.3 is 10.6 Å². The van der Waals surface area contributed by atoms with Gasteiger partial charge in [0.15, 0.2) is 0 Å². The van der Waals surface area contributed by atoms with Gasteiger partial charge in [-0.05, 0) is 87.9 Å². The van der Waals surface area contributed by atoms with Crippen LogP contribution in [-0.2, 0) is 9.59 Å². The molecule has 4 nitrogen and oxygen atoms in total. The molecule has 0 bridgehead atoms. The molecule has 312 valence electrons. The zero-order valence-corrected chi connectivity index (χ0v) is 36.2. The molecule has 3 rings (SSSR count). The maximum atomic E-state index is 12.7. The summed E-state index contributed by atoms with van der Waals surface area (Å²) in [6.45, 7) is 13.1. The van der Waals surface area contributed by atoms with Gasteiger partial charge in [-0.15, -0.1) is 0 Å². The van der Waals surface area contributed by atoms with Crippen LogP contribution in [0.25, 0.3) is 0 Å². The van der Waals surface area contributed by atoms with Gasteiger partial charge in [-0.25, -0.2) is 0 Å². The molecule has 0 aromatic rings. The zero-order chi connectivity index (χ0) is 38.6. The van der Waals surface area contributed by atoms with E-state index in [0.717, 1.165) is 62.2 Å². The quantitative estimate of drug-likeness (QED) is 0.0567. The average molecular weight is 751 g/mol. The summed E-state index contributed by atoms with van der Waals surface area (Å²) in [6.07, 6.45) is 45.7. The summed E-state index contributed by atoms with van der Waals surface area (Å²) in [5.41, 5.74) is 2.45. The molecule has 0 radical (unpaired) electrons. The molecule has 3 aliphatic carbocycles. The first-order valence-corrected chi connectivity index (χ1v) is 24.3. The van der Waals surface area contributed by atoms with Gasteiger partial charge in [0, 0.05) is 24.9 Å². The van der Waals surface area contributed by atoms with E-state index in [-0.39, 0.29) is 23.9 Å². The molecule has 0 aromatic carbocycles. The van der Waals surface area contributed by atoms with E-state index in [4.69, 9.17) is 0 Å². The molecule has 2 amide bonds. The van der Waals surface area contributed by atoms with E-state index < -0.39 is 0 Å². The Labute approximate surface area is 336 Å². The number of rotatable bonds is 30. The smallest absolute Gasteiger partial charge is 0.220 e. The normalized spacial score (nSPS) is 24.8. The van der Waals surface area contributed by atoms with Gasteiger partial charge in [0.25, 0.3) is 0 Å². The molecule has 0 aromatic heterocycles. The zero-order valence-electron chi connectivity index (χ0n) is 36.2. The molecule has 0 aliphatic heterocycles. The van der Waals surface area contributed by atoms with Crippen molar-refractivity contribution in [3.05, 3.63) is 24.3 Å².